The normalized spacial score (nSPS) is 26.3. The Bertz CT molecular complexity index is 1330. The average Bonchev–Trinajstić information content (AvgIpc) is 3.52. The maximum absolute atomic E-state index is 15.2. The van der Waals surface area contributed by atoms with E-state index in [1.165, 1.54) is 22.8 Å². The number of rotatable bonds is 5. The summed E-state index contributed by atoms with van der Waals surface area (Å²) in [5, 5.41) is 4.20. The van der Waals surface area contributed by atoms with Crippen molar-refractivity contribution in [2.75, 3.05) is 37.6 Å². The number of fused-ring (bicyclic) bond motifs is 1. The molecular formula is C23H26FN7O3S2. The number of amides is 2. The van der Waals surface area contributed by atoms with Crippen molar-refractivity contribution < 1.29 is 14.0 Å². The Morgan fingerprint density at radius 1 is 1.22 bits per heavy atom. The van der Waals surface area contributed by atoms with Crippen molar-refractivity contribution >= 4 is 57.5 Å². The number of hydrogen-bond acceptors (Lipinski definition) is 9. The standard InChI is InChI=1S/C23H26FN7O3S2/c24-15-7-13-16(8-17(15)29-5-3-26-4-6-29)30(12-1-2-12)10-14(20(13)32)21(33)28-31-11-19(36-23(31)34)18-9-27-22(25)35-18/h7-10,12,18-19,22,26H,1-6,11,25H2,(H,28,33). The number of halogens is 1. The van der Waals surface area contributed by atoms with E-state index in [2.05, 4.69) is 15.7 Å². The predicted octanol–water partition coefficient (Wildman–Crippen LogP) is 1.50. The minimum absolute atomic E-state index is 0.0310. The highest BCUT2D eigenvalue weighted by atomic mass is 32.2. The number of carbonyl (C=O) groups is 2. The van der Waals surface area contributed by atoms with Gasteiger partial charge in [-0.1, -0.05) is 11.8 Å². The molecule has 36 heavy (non-hydrogen) atoms. The van der Waals surface area contributed by atoms with Crippen LogP contribution in [0.3, 0.4) is 0 Å². The number of hydrogen-bond donors (Lipinski definition) is 3. The molecule has 3 atom stereocenters. The van der Waals surface area contributed by atoms with Crippen molar-refractivity contribution in [1.82, 2.24) is 20.3 Å². The molecule has 4 heterocycles. The Hall–Kier alpha value is -2.61. The zero-order chi connectivity index (χ0) is 25.0. The number of hydrazine groups is 1. The SMILES string of the molecule is NC1N=CC(C2CN(NC(=O)c3cn(C4CC4)c4cc(N5CCNCC5)c(F)cc4c3=O)C(=O)S2)S1. The number of nitrogens with zero attached hydrogens (tertiary/aromatic N) is 4. The lowest BCUT2D eigenvalue weighted by molar-refractivity contribution is 0.0850. The van der Waals surface area contributed by atoms with Crippen LogP contribution in [0.5, 0.6) is 0 Å². The van der Waals surface area contributed by atoms with Gasteiger partial charge in [0.05, 0.1) is 28.2 Å². The number of nitrogens with one attached hydrogen (secondary N) is 2. The molecule has 6 rings (SSSR count). The van der Waals surface area contributed by atoms with E-state index in [0.29, 0.717) is 24.3 Å². The molecule has 1 aromatic heterocycles. The Kier molecular flexibility index (Phi) is 6.18. The lowest BCUT2D eigenvalue weighted by Crippen LogP contribution is -2.45. The number of pyridine rings is 1. The van der Waals surface area contributed by atoms with E-state index in [1.54, 1.807) is 18.5 Å². The molecule has 2 aromatic rings. The third-order valence-corrected chi connectivity index (χ3v) is 9.36. The highest BCUT2D eigenvalue weighted by Crippen LogP contribution is 2.38. The van der Waals surface area contributed by atoms with Crippen LogP contribution in [0, 0.1) is 5.82 Å². The fourth-order valence-electron chi connectivity index (χ4n) is 4.84. The third kappa shape index (κ3) is 4.38. The predicted molar refractivity (Wildman–Crippen MR) is 140 cm³/mol. The molecule has 4 aliphatic rings. The quantitative estimate of drug-likeness (QED) is 0.530. The van der Waals surface area contributed by atoms with Crippen LogP contribution in [0.2, 0.25) is 0 Å². The molecule has 3 unspecified atom stereocenters. The number of anilines is 1. The molecule has 2 amide bonds. The van der Waals surface area contributed by atoms with Crippen LogP contribution >= 0.6 is 23.5 Å². The second kappa shape index (κ2) is 9.36. The maximum atomic E-state index is 15.2. The summed E-state index contributed by atoms with van der Waals surface area (Å²) in [5.41, 5.74) is 8.48. The minimum Gasteiger partial charge on any atom is -0.367 e. The van der Waals surface area contributed by atoms with Gasteiger partial charge in [-0.2, -0.15) is 0 Å². The summed E-state index contributed by atoms with van der Waals surface area (Å²) < 4.78 is 17.1. The zero-order valence-corrected chi connectivity index (χ0v) is 21.0. The van der Waals surface area contributed by atoms with Crippen molar-refractivity contribution in [2.24, 2.45) is 10.7 Å². The number of piperazine rings is 1. The minimum atomic E-state index is -0.679. The zero-order valence-electron chi connectivity index (χ0n) is 19.4. The van der Waals surface area contributed by atoms with Gasteiger partial charge in [0.25, 0.3) is 5.91 Å². The fourth-order valence-corrected chi connectivity index (χ4v) is 7.00. The Morgan fingerprint density at radius 3 is 2.69 bits per heavy atom. The Morgan fingerprint density at radius 2 is 2.00 bits per heavy atom. The summed E-state index contributed by atoms with van der Waals surface area (Å²) in [5.74, 6) is -1.16. The molecule has 10 nitrogen and oxygen atoms in total. The number of nitrogens with two attached hydrogens (primary N) is 1. The first kappa shape index (κ1) is 23.8. The van der Waals surface area contributed by atoms with E-state index in [4.69, 9.17) is 5.73 Å². The summed E-state index contributed by atoms with van der Waals surface area (Å²) in [6.45, 7) is 3.16. The van der Waals surface area contributed by atoms with Gasteiger partial charge in [-0.3, -0.25) is 24.8 Å². The van der Waals surface area contributed by atoms with Crippen LogP contribution in [0.25, 0.3) is 10.9 Å². The largest absolute Gasteiger partial charge is 0.367 e. The van der Waals surface area contributed by atoms with Crippen LogP contribution in [0.1, 0.15) is 29.2 Å². The lowest BCUT2D eigenvalue weighted by atomic mass is 10.1. The van der Waals surface area contributed by atoms with Crippen LogP contribution in [-0.2, 0) is 0 Å². The molecule has 4 N–H and O–H groups in total. The molecule has 1 aliphatic carbocycles. The summed E-state index contributed by atoms with van der Waals surface area (Å²) >= 11 is 2.57. The van der Waals surface area contributed by atoms with E-state index in [1.807, 2.05) is 9.47 Å². The first-order chi connectivity index (χ1) is 17.4. The number of carbonyl (C=O) groups excluding carboxylic acids is 2. The van der Waals surface area contributed by atoms with Crippen LogP contribution in [0.4, 0.5) is 14.9 Å². The fraction of sp³-hybridized carbons (Fsp3) is 0.478. The van der Waals surface area contributed by atoms with E-state index >= 15 is 4.39 Å². The molecular weight excluding hydrogens is 505 g/mol. The molecule has 3 fully saturated rings. The van der Waals surface area contributed by atoms with E-state index in [0.717, 1.165) is 37.7 Å². The van der Waals surface area contributed by atoms with Crippen molar-refractivity contribution in [3.05, 3.63) is 39.9 Å². The lowest BCUT2D eigenvalue weighted by Gasteiger charge is -2.30. The van der Waals surface area contributed by atoms with Crippen molar-refractivity contribution in [3.8, 4) is 0 Å². The maximum Gasteiger partial charge on any atom is 0.300 e. The van der Waals surface area contributed by atoms with Gasteiger partial charge >= 0.3 is 5.24 Å². The number of benzene rings is 1. The van der Waals surface area contributed by atoms with Crippen LogP contribution < -0.4 is 26.8 Å². The first-order valence-corrected chi connectivity index (χ1v) is 13.8. The second-order valence-corrected chi connectivity index (χ2v) is 11.8. The molecule has 0 radical (unpaired) electrons. The van der Waals surface area contributed by atoms with Crippen LogP contribution in [0.15, 0.2) is 28.1 Å². The van der Waals surface area contributed by atoms with Crippen molar-refractivity contribution in [1.29, 1.82) is 0 Å². The van der Waals surface area contributed by atoms with E-state index < -0.39 is 17.2 Å². The highest BCUT2D eigenvalue weighted by molar-refractivity contribution is 8.15. The topological polar surface area (TPSA) is 125 Å². The molecule has 13 heteroatoms. The number of thioether (sulfide) groups is 2. The van der Waals surface area contributed by atoms with Gasteiger partial charge in [-0.25, -0.2) is 9.40 Å². The van der Waals surface area contributed by atoms with Crippen LogP contribution in [-0.4, -0.2) is 75.7 Å². The second-order valence-electron chi connectivity index (χ2n) is 9.33. The summed E-state index contributed by atoms with van der Waals surface area (Å²) in [6, 6.07) is 3.13. The number of aromatic nitrogens is 1. The van der Waals surface area contributed by atoms with Crippen molar-refractivity contribution in [2.45, 2.75) is 34.9 Å². The van der Waals surface area contributed by atoms with Gasteiger partial charge in [0.1, 0.15) is 16.9 Å². The smallest absolute Gasteiger partial charge is 0.300 e. The molecule has 0 spiro atoms. The van der Waals surface area contributed by atoms with Gasteiger partial charge in [-0.05, 0) is 25.0 Å². The molecule has 3 aliphatic heterocycles. The van der Waals surface area contributed by atoms with Gasteiger partial charge in [-0.15, -0.1) is 11.8 Å². The van der Waals surface area contributed by atoms with Gasteiger partial charge < -0.3 is 20.5 Å². The third-order valence-electron chi connectivity index (χ3n) is 6.86. The summed E-state index contributed by atoms with van der Waals surface area (Å²) in [4.78, 5) is 45.2. The van der Waals surface area contributed by atoms with Gasteiger partial charge in [0.2, 0.25) is 5.43 Å². The van der Waals surface area contributed by atoms with Crippen molar-refractivity contribution in [3.63, 3.8) is 0 Å². The Balaban J connectivity index is 1.30. The molecule has 0 bridgehead atoms. The summed E-state index contributed by atoms with van der Waals surface area (Å²) in [7, 11) is 0. The molecule has 2 saturated heterocycles. The average molecular weight is 532 g/mol. The molecule has 1 aromatic carbocycles. The van der Waals surface area contributed by atoms with E-state index in [9.17, 15) is 14.4 Å². The Labute approximate surface area is 214 Å². The number of aliphatic imine (C=N–C) groups is 1. The summed E-state index contributed by atoms with van der Waals surface area (Å²) in [6.07, 6.45) is 5.14. The van der Waals surface area contributed by atoms with E-state index in [-0.39, 0.29) is 44.8 Å². The molecule has 1 saturated carbocycles. The monoisotopic (exact) mass is 531 g/mol. The van der Waals surface area contributed by atoms with Gasteiger partial charge in [0.15, 0.2) is 0 Å². The van der Waals surface area contributed by atoms with Gasteiger partial charge in [0, 0.05) is 50.0 Å². The highest BCUT2D eigenvalue weighted by Gasteiger charge is 2.39. The first-order valence-electron chi connectivity index (χ1n) is 12.0. The molecule has 190 valence electrons.